The van der Waals surface area contributed by atoms with Crippen molar-refractivity contribution >= 4 is 16.9 Å². The molecule has 9 heteroatoms. The van der Waals surface area contributed by atoms with Gasteiger partial charge in [-0.05, 0) is 67.4 Å². The molecule has 1 N–H and O–H groups in total. The third-order valence-electron chi connectivity index (χ3n) is 6.54. The van der Waals surface area contributed by atoms with Crippen LogP contribution in [0.25, 0.3) is 22.5 Å². The first-order valence-corrected chi connectivity index (χ1v) is 12.2. The van der Waals surface area contributed by atoms with Crippen LogP contribution in [-0.2, 0) is 13.0 Å². The molecule has 5 aromatic rings. The molecule has 0 saturated carbocycles. The maximum Gasteiger partial charge on any atom is 0.257 e. The smallest absolute Gasteiger partial charge is 0.257 e. The number of pyridine rings is 2. The SMILES string of the molecule is Cc1ccnc(N2CCN(Cc3ccnc(Cc4nc5ccc(-c6nc(C)no6)cc5[nH]4)c3)CC2)c1. The Kier molecular flexibility index (Phi) is 5.90. The summed E-state index contributed by atoms with van der Waals surface area (Å²) in [7, 11) is 0. The molecular formula is C27H28N8O. The number of nitrogens with one attached hydrogen (secondary N) is 1. The fourth-order valence-corrected chi connectivity index (χ4v) is 4.67. The second-order valence-corrected chi connectivity index (χ2v) is 9.35. The third-order valence-corrected chi connectivity index (χ3v) is 6.54. The molecule has 1 aromatic carbocycles. The van der Waals surface area contributed by atoms with Crippen LogP contribution in [0, 0.1) is 13.8 Å². The highest BCUT2D eigenvalue weighted by atomic mass is 16.5. The van der Waals surface area contributed by atoms with E-state index in [-0.39, 0.29) is 0 Å². The third kappa shape index (κ3) is 4.83. The maximum atomic E-state index is 5.30. The van der Waals surface area contributed by atoms with Crippen molar-refractivity contribution in [3.63, 3.8) is 0 Å². The van der Waals surface area contributed by atoms with Gasteiger partial charge in [-0.1, -0.05) is 5.16 Å². The number of aromatic nitrogens is 6. The molecule has 0 atom stereocenters. The molecule has 0 bridgehead atoms. The fraction of sp³-hybridized carbons (Fsp3) is 0.296. The zero-order valence-corrected chi connectivity index (χ0v) is 20.5. The minimum Gasteiger partial charge on any atom is -0.354 e. The Morgan fingerprint density at radius 1 is 0.917 bits per heavy atom. The van der Waals surface area contributed by atoms with Crippen molar-refractivity contribution in [3.05, 3.63) is 83.3 Å². The van der Waals surface area contributed by atoms with Crippen molar-refractivity contribution in [3.8, 4) is 11.5 Å². The molecule has 4 aromatic heterocycles. The molecule has 1 aliphatic rings. The quantitative estimate of drug-likeness (QED) is 0.390. The fourth-order valence-electron chi connectivity index (χ4n) is 4.67. The Hall–Kier alpha value is -4.11. The summed E-state index contributed by atoms with van der Waals surface area (Å²) in [6.07, 6.45) is 4.44. The predicted molar refractivity (Wildman–Crippen MR) is 138 cm³/mol. The monoisotopic (exact) mass is 480 g/mol. The number of piperazine rings is 1. The summed E-state index contributed by atoms with van der Waals surface area (Å²) in [5.41, 5.74) is 6.24. The lowest BCUT2D eigenvalue weighted by Crippen LogP contribution is -2.46. The number of fused-ring (bicyclic) bond motifs is 1. The lowest BCUT2D eigenvalue weighted by atomic mass is 10.1. The molecule has 0 unspecified atom stereocenters. The molecule has 6 rings (SSSR count). The zero-order chi connectivity index (χ0) is 24.5. The first-order valence-electron chi connectivity index (χ1n) is 12.2. The number of imidazole rings is 1. The molecule has 0 radical (unpaired) electrons. The normalized spacial score (nSPS) is 14.6. The number of rotatable bonds is 6. The van der Waals surface area contributed by atoms with Gasteiger partial charge in [0.05, 0.1) is 11.0 Å². The van der Waals surface area contributed by atoms with Gasteiger partial charge in [0.1, 0.15) is 11.6 Å². The number of nitrogens with zero attached hydrogens (tertiary/aromatic N) is 7. The molecule has 1 fully saturated rings. The molecule has 1 saturated heterocycles. The van der Waals surface area contributed by atoms with E-state index in [1.165, 1.54) is 11.1 Å². The number of anilines is 1. The summed E-state index contributed by atoms with van der Waals surface area (Å²) in [6, 6.07) is 14.4. The lowest BCUT2D eigenvalue weighted by Gasteiger charge is -2.35. The largest absolute Gasteiger partial charge is 0.354 e. The number of aryl methyl sites for hydroxylation is 2. The summed E-state index contributed by atoms with van der Waals surface area (Å²) in [4.78, 5) is 26.5. The zero-order valence-electron chi connectivity index (χ0n) is 20.5. The molecule has 9 nitrogen and oxygen atoms in total. The number of hydrogen-bond acceptors (Lipinski definition) is 8. The van der Waals surface area contributed by atoms with Gasteiger partial charge in [0.25, 0.3) is 5.89 Å². The van der Waals surface area contributed by atoms with Crippen LogP contribution in [0.3, 0.4) is 0 Å². The summed E-state index contributed by atoms with van der Waals surface area (Å²) in [5.74, 6) is 3.08. The van der Waals surface area contributed by atoms with Gasteiger partial charge in [0.15, 0.2) is 5.82 Å². The Morgan fingerprint density at radius 2 is 1.78 bits per heavy atom. The van der Waals surface area contributed by atoms with E-state index < -0.39 is 0 Å². The van der Waals surface area contributed by atoms with Gasteiger partial charge in [-0.25, -0.2) is 9.97 Å². The highest BCUT2D eigenvalue weighted by Crippen LogP contribution is 2.23. The van der Waals surface area contributed by atoms with Crippen LogP contribution >= 0.6 is 0 Å². The van der Waals surface area contributed by atoms with Crippen LogP contribution in [0.15, 0.2) is 59.4 Å². The Labute approximate surface area is 209 Å². The van der Waals surface area contributed by atoms with Gasteiger partial charge in [-0.15, -0.1) is 0 Å². The Morgan fingerprint density at radius 3 is 2.58 bits per heavy atom. The second-order valence-electron chi connectivity index (χ2n) is 9.35. The first kappa shape index (κ1) is 22.4. The van der Waals surface area contributed by atoms with Gasteiger partial charge in [0.2, 0.25) is 0 Å². The van der Waals surface area contributed by atoms with E-state index in [4.69, 9.17) is 9.51 Å². The summed E-state index contributed by atoms with van der Waals surface area (Å²) in [6.45, 7) is 8.83. The summed E-state index contributed by atoms with van der Waals surface area (Å²) in [5, 5.41) is 3.88. The van der Waals surface area contributed by atoms with Crippen molar-refractivity contribution in [1.29, 1.82) is 0 Å². The molecule has 0 amide bonds. The minimum atomic E-state index is 0.510. The summed E-state index contributed by atoms with van der Waals surface area (Å²) >= 11 is 0. The average Bonchev–Trinajstić information content (AvgIpc) is 3.49. The van der Waals surface area contributed by atoms with E-state index in [2.05, 4.69) is 60.0 Å². The number of aromatic amines is 1. The average molecular weight is 481 g/mol. The van der Waals surface area contributed by atoms with Crippen molar-refractivity contribution in [2.75, 3.05) is 31.1 Å². The number of H-pyrrole nitrogens is 1. The second kappa shape index (κ2) is 9.50. The highest BCUT2D eigenvalue weighted by Gasteiger charge is 2.18. The van der Waals surface area contributed by atoms with Crippen molar-refractivity contribution in [2.24, 2.45) is 0 Å². The number of hydrogen-bond donors (Lipinski definition) is 1. The molecule has 5 heterocycles. The lowest BCUT2D eigenvalue weighted by molar-refractivity contribution is 0.249. The summed E-state index contributed by atoms with van der Waals surface area (Å²) < 4.78 is 5.30. The van der Waals surface area contributed by atoms with Gasteiger partial charge in [-0.2, -0.15) is 4.98 Å². The highest BCUT2D eigenvalue weighted by molar-refractivity contribution is 5.80. The topological polar surface area (TPSA) is 99.9 Å². The van der Waals surface area contributed by atoms with Crippen molar-refractivity contribution < 1.29 is 4.52 Å². The van der Waals surface area contributed by atoms with Gasteiger partial charge < -0.3 is 14.4 Å². The van der Waals surface area contributed by atoms with Gasteiger partial charge in [0, 0.05) is 62.8 Å². The van der Waals surface area contributed by atoms with Gasteiger partial charge in [-0.3, -0.25) is 9.88 Å². The maximum absolute atomic E-state index is 5.30. The Balaban J connectivity index is 1.10. The van der Waals surface area contributed by atoms with E-state index in [1.54, 1.807) is 0 Å². The predicted octanol–water partition coefficient (Wildman–Crippen LogP) is 3.93. The van der Waals surface area contributed by atoms with Crippen LogP contribution in [0.5, 0.6) is 0 Å². The van der Waals surface area contributed by atoms with E-state index in [9.17, 15) is 0 Å². The molecule has 1 aliphatic heterocycles. The molecule has 36 heavy (non-hydrogen) atoms. The van der Waals surface area contributed by atoms with E-state index >= 15 is 0 Å². The van der Waals surface area contributed by atoms with E-state index in [0.717, 1.165) is 66.7 Å². The van der Waals surface area contributed by atoms with E-state index in [0.29, 0.717) is 18.1 Å². The van der Waals surface area contributed by atoms with Gasteiger partial charge >= 0.3 is 0 Å². The van der Waals surface area contributed by atoms with Crippen LogP contribution in [0.4, 0.5) is 5.82 Å². The first-order chi connectivity index (χ1) is 17.6. The molecule has 0 aliphatic carbocycles. The van der Waals surface area contributed by atoms with Crippen LogP contribution in [0.2, 0.25) is 0 Å². The minimum absolute atomic E-state index is 0.510. The van der Waals surface area contributed by atoms with Crippen LogP contribution in [0.1, 0.15) is 28.5 Å². The van der Waals surface area contributed by atoms with Crippen LogP contribution < -0.4 is 4.90 Å². The molecule has 0 spiro atoms. The van der Waals surface area contributed by atoms with Crippen LogP contribution in [-0.4, -0.2) is 61.2 Å². The number of benzene rings is 1. The molecular weight excluding hydrogens is 452 g/mol. The standard InChI is InChI=1S/C27H28N8O/c1-18-5-7-29-26(13-18)35-11-9-34(10-12-35)17-20-6-8-28-22(14-20)16-25-31-23-4-3-21(15-24(23)32-25)27-30-19(2)33-36-27/h3-8,13-15H,9-12,16-17H2,1-2H3,(H,31,32). The van der Waals surface area contributed by atoms with E-state index in [1.807, 2.05) is 43.6 Å². The van der Waals surface area contributed by atoms with Crippen molar-refractivity contribution in [2.45, 2.75) is 26.8 Å². The Bertz CT molecular complexity index is 1500. The van der Waals surface area contributed by atoms with Crippen molar-refractivity contribution in [1.82, 2.24) is 35.0 Å². The molecule has 182 valence electrons.